The number of carboxylic acids is 1. The van der Waals surface area contributed by atoms with Gasteiger partial charge >= 0.3 is 18.9 Å². The summed E-state index contributed by atoms with van der Waals surface area (Å²) in [6, 6.07) is 13.3. The molecule has 1 aromatic heterocycles. The molecule has 0 amide bonds. The monoisotopic (exact) mass is 443 g/mol. The summed E-state index contributed by atoms with van der Waals surface area (Å²) < 4.78 is 0. The molecule has 3 rings (SSSR count). The Bertz CT molecular complexity index is 1070. The number of hydrogen-bond acceptors (Lipinski definition) is 5. The van der Waals surface area contributed by atoms with Crippen LogP contribution in [0.2, 0.25) is 10.0 Å². The van der Waals surface area contributed by atoms with Crippen LogP contribution in [0.3, 0.4) is 0 Å². The molecule has 6 nitrogen and oxygen atoms in total. The lowest BCUT2D eigenvalue weighted by atomic mass is 9.55. The van der Waals surface area contributed by atoms with Gasteiger partial charge in [-0.3, -0.25) is 0 Å². The number of aromatic nitrogens is 1. The first-order valence-electron chi connectivity index (χ1n) is 8.86. The summed E-state index contributed by atoms with van der Waals surface area (Å²) in [5, 5.41) is 10.0. The zero-order chi connectivity index (χ0) is 21.8. The van der Waals surface area contributed by atoms with E-state index in [0.29, 0.717) is 21.0 Å². The maximum atomic E-state index is 12.5. The molecule has 0 saturated heterocycles. The summed E-state index contributed by atoms with van der Waals surface area (Å²) in [7, 11) is 0. The number of halogens is 2. The molecule has 3 aromatic rings. The van der Waals surface area contributed by atoms with E-state index in [1.807, 2.05) is 26.0 Å². The molecular formula is C21H16BCl2NO5. The molecule has 0 aliphatic rings. The van der Waals surface area contributed by atoms with Gasteiger partial charge in [-0.05, 0) is 60.2 Å². The van der Waals surface area contributed by atoms with Crippen LogP contribution in [0.25, 0.3) is 0 Å². The predicted octanol–water partition coefficient (Wildman–Crippen LogP) is 3.60. The van der Waals surface area contributed by atoms with Gasteiger partial charge in [0, 0.05) is 16.2 Å². The van der Waals surface area contributed by atoms with Crippen LogP contribution >= 0.6 is 23.2 Å². The number of aryl methyl sites for hydroxylation is 2. The summed E-state index contributed by atoms with van der Waals surface area (Å²) in [6.45, 7) is 2.84. The topological polar surface area (TPSA) is 85.7 Å². The highest BCUT2D eigenvalue weighted by atomic mass is 35.5. The number of carboxylic acid groups (broad SMARTS) is 1. The van der Waals surface area contributed by atoms with E-state index in [-0.39, 0.29) is 11.3 Å². The van der Waals surface area contributed by atoms with Gasteiger partial charge in [0.25, 0.3) is 0 Å². The second kappa shape index (κ2) is 9.30. The number of hydrogen-bond donors (Lipinski definition) is 1. The van der Waals surface area contributed by atoms with Crippen molar-refractivity contribution < 1.29 is 24.4 Å². The average molecular weight is 444 g/mol. The van der Waals surface area contributed by atoms with Gasteiger partial charge < -0.3 is 9.99 Å². The van der Waals surface area contributed by atoms with E-state index in [1.54, 1.807) is 24.3 Å². The van der Waals surface area contributed by atoms with Gasteiger partial charge in [-0.15, -0.1) is 0 Å². The average Bonchev–Trinajstić information content (AvgIpc) is 2.70. The van der Waals surface area contributed by atoms with Crippen LogP contribution in [0, 0.1) is 13.8 Å². The van der Waals surface area contributed by atoms with E-state index in [9.17, 15) is 14.7 Å². The van der Waals surface area contributed by atoms with Crippen molar-refractivity contribution in [2.24, 2.45) is 0 Å². The molecule has 152 valence electrons. The fourth-order valence-electron chi connectivity index (χ4n) is 2.83. The van der Waals surface area contributed by atoms with E-state index < -0.39 is 18.9 Å². The van der Waals surface area contributed by atoms with Crippen molar-refractivity contribution in [3.8, 4) is 0 Å². The molecule has 0 spiro atoms. The van der Waals surface area contributed by atoms with Crippen LogP contribution in [-0.4, -0.2) is 28.9 Å². The SMILES string of the molecule is Cc1ccc(B(OOC(=O)c2ncccc2C(=O)O)c2ccc(C)cc2Cl)c(Cl)c1. The van der Waals surface area contributed by atoms with E-state index in [4.69, 9.17) is 32.9 Å². The largest absolute Gasteiger partial charge is 0.478 e. The zero-order valence-corrected chi connectivity index (χ0v) is 17.6. The Labute approximate surface area is 183 Å². The Morgan fingerprint density at radius 2 is 1.53 bits per heavy atom. The number of nitrogens with zero attached hydrogens (tertiary/aromatic N) is 1. The van der Waals surface area contributed by atoms with Crippen LogP contribution in [-0.2, 0) is 9.69 Å². The van der Waals surface area contributed by atoms with Crippen molar-refractivity contribution in [1.82, 2.24) is 4.98 Å². The van der Waals surface area contributed by atoms with Gasteiger partial charge in [0.2, 0.25) is 0 Å². The lowest BCUT2D eigenvalue weighted by Crippen LogP contribution is -2.46. The number of carbonyl (C=O) groups is 2. The highest BCUT2D eigenvalue weighted by Gasteiger charge is 2.31. The first kappa shape index (κ1) is 21.8. The molecule has 0 bridgehead atoms. The molecule has 1 heterocycles. The summed E-state index contributed by atoms with van der Waals surface area (Å²) in [5.74, 6) is -2.36. The Morgan fingerprint density at radius 1 is 0.967 bits per heavy atom. The Morgan fingerprint density at radius 3 is 2.03 bits per heavy atom. The van der Waals surface area contributed by atoms with Crippen LogP contribution in [0.5, 0.6) is 0 Å². The third kappa shape index (κ3) is 4.82. The van der Waals surface area contributed by atoms with Crippen LogP contribution in [0.15, 0.2) is 54.7 Å². The second-order valence-corrected chi connectivity index (χ2v) is 7.42. The normalized spacial score (nSPS) is 10.5. The number of aromatic carboxylic acids is 1. The number of pyridine rings is 1. The summed E-state index contributed by atoms with van der Waals surface area (Å²) >= 11 is 12.8. The van der Waals surface area contributed by atoms with Gasteiger partial charge in [0.05, 0.1) is 5.56 Å². The number of carbonyl (C=O) groups excluding carboxylic acids is 1. The first-order valence-corrected chi connectivity index (χ1v) is 9.61. The van der Waals surface area contributed by atoms with Crippen molar-refractivity contribution in [3.63, 3.8) is 0 Å². The molecular weight excluding hydrogens is 428 g/mol. The highest BCUT2D eigenvalue weighted by Crippen LogP contribution is 2.15. The molecule has 0 aliphatic carbocycles. The first-order chi connectivity index (χ1) is 14.3. The lowest BCUT2D eigenvalue weighted by molar-refractivity contribution is -0.152. The molecule has 0 aliphatic heterocycles. The van der Waals surface area contributed by atoms with Crippen molar-refractivity contribution in [3.05, 3.63) is 87.2 Å². The lowest BCUT2D eigenvalue weighted by Gasteiger charge is -2.17. The third-order valence-electron chi connectivity index (χ3n) is 4.33. The van der Waals surface area contributed by atoms with Crippen molar-refractivity contribution in [2.75, 3.05) is 0 Å². The molecule has 0 atom stereocenters. The molecule has 0 radical (unpaired) electrons. The maximum Gasteiger partial charge on any atom is 0.424 e. The summed E-state index contributed by atoms with van der Waals surface area (Å²) in [5.41, 5.74) is 2.25. The zero-order valence-electron chi connectivity index (χ0n) is 16.1. The van der Waals surface area contributed by atoms with Gasteiger partial charge in [0.15, 0.2) is 5.69 Å². The van der Waals surface area contributed by atoms with Crippen molar-refractivity contribution >= 4 is 53.0 Å². The van der Waals surface area contributed by atoms with Crippen LogP contribution < -0.4 is 10.9 Å². The molecule has 2 aromatic carbocycles. The van der Waals surface area contributed by atoms with Gasteiger partial charge in [0.1, 0.15) is 0 Å². The fourth-order valence-corrected chi connectivity index (χ4v) is 3.50. The standard InChI is InChI=1S/C21H16BCl2NO5/c1-12-5-7-15(17(23)10-12)22(16-8-6-13(2)11-18(16)24)30-29-21(28)19-14(20(26)27)4-3-9-25-19/h3-11H,1-2H3,(H,26,27). The molecule has 0 fully saturated rings. The number of benzene rings is 2. The molecule has 9 heteroatoms. The predicted molar refractivity (Wildman–Crippen MR) is 115 cm³/mol. The van der Waals surface area contributed by atoms with Gasteiger partial charge in [-0.25, -0.2) is 19.4 Å². The Balaban J connectivity index is 1.96. The fraction of sp³-hybridized carbons (Fsp3) is 0.0952. The molecule has 30 heavy (non-hydrogen) atoms. The second-order valence-electron chi connectivity index (χ2n) is 6.60. The highest BCUT2D eigenvalue weighted by molar-refractivity contribution is 6.83. The third-order valence-corrected chi connectivity index (χ3v) is 4.98. The quantitative estimate of drug-likeness (QED) is 0.356. The molecule has 0 saturated carbocycles. The van der Waals surface area contributed by atoms with Crippen LogP contribution in [0.4, 0.5) is 0 Å². The van der Waals surface area contributed by atoms with Gasteiger partial charge in [-0.2, -0.15) is 0 Å². The van der Waals surface area contributed by atoms with Crippen LogP contribution in [0.1, 0.15) is 32.0 Å². The van der Waals surface area contributed by atoms with E-state index in [1.165, 1.54) is 18.3 Å². The molecule has 1 N–H and O–H groups in total. The minimum Gasteiger partial charge on any atom is -0.478 e. The summed E-state index contributed by atoms with van der Waals surface area (Å²) in [4.78, 5) is 38.0. The van der Waals surface area contributed by atoms with E-state index in [0.717, 1.165) is 11.1 Å². The maximum absolute atomic E-state index is 12.5. The van der Waals surface area contributed by atoms with Gasteiger partial charge in [-0.1, -0.05) is 47.5 Å². The van der Waals surface area contributed by atoms with Crippen molar-refractivity contribution in [1.29, 1.82) is 0 Å². The Kier molecular flexibility index (Phi) is 6.77. The smallest absolute Gasteiger partial charge is 0.424 e. The minimum atomic E-state index is -1.31. The molecule has 0 unspecified atom stereocenters. The summed E-state index contributed by atoms with van der Waals surface area (Å²) in [6.07, 6.45) is 1.29. The Hall–Kier alpha value is -2.87. The van der Waals surface area contributed by atoms with Crippen molar-refractivity contribution in [2.45, 2.75) is 13.8 Å². The van der Waals surface area contributed by atoms with E-state index >= 15 is 0 Å². The number of rotatable bonds is 6. The minimum absolute atomic E-state index is 0.301. The van der Waals surface area contributed by atoms with E-state index in [2.05, 4.69) is 4.98 Å².